The van der Waals surface area contributed by atoms with Crippen LogP contribution in [0.1, 0.15) is 27.1 Å². The maximum Gasteiger partial charge on any atom is 0.323 e. The van der Waals surface area contributed by atoms with Gasteiger partial charge in [-0.2, -0.15) is 8.42 Å². The summed E-state index contributed by atoms with van der Waals surface area (Å²) in [6, 6.07) is 8.72. The van der Waals surface area contributed by atoms with Gasteiger partial charge in [0.15, 0.2) is 0 Å². The van der Waals surface area contributed by atoms with Crippen molar-refractivity contribution >= 4 is 39.3 Å². The topological polar surface area (TPSA) is 142 Å². The summed E-state index contributed by atoms with van der Waals surface area (Å²) in [5.74, 6) is -0.847. The summed E-state index contributed by atoms with van der Waals surface area (Å²) in [5, 5.41) is 4.95. The summed E-state index contributed by atoms with van der Waals surface area (Å²) in [6.45, 7) is 0.646. The Hall–Kier alpha value is -3.28. The fourth-order valence-corrected chi connectivity index (χ4v) is 3.49. The molecule has 158 valence electrons. The molecule has 0 saturated carbocycles. The normalized spacial score (nSPS) is 13.3. The van der Waals surface area contributed by atoms with Crippen molar-refractivity contribution in [2.24, 2.45) is 0 Å². The van der Waals surface area contributed by atoms with Gasteiger partial charge in [0, 0.05) is 31.6 Å². The maximum absolute atomic E-state index is 12.5. The summed E-state index contributed by atoms with van der Waals surface area (Å²) < 4.78 is 36.4. The first kappa shape index (κ1) is 21.4. The van der Waals surface area contributed by atoms with Crippen LogP contribution >= 0.6 is 0 Å². The van der Waals surface area contributed by atoms with E-state index in [1.165, 1.54) is 43.5 Å². The van der Waals surface area contributed by atoms with Crippen LogP contribution in [-0.4, -0.2) is 56.0 Å². The van der Waals surface area contributed by atoms with Crippen molar-refractivity contribution in [3.05, 3.63) is 53.6 Å². The molecule has 4 amide bonds. The molecule has 2 aromatic carbocycles. The van der Waals surface area contributed by atoms with Crippen molar-refractivity contribution < 1.29 is 32.1 Å². The molecule has 0 saturated heterocycles. The van der Waals surface area contributed by atoms with Crippen LogP contribution in [0.3, 0.4) is 0 Å². The average Bonchev–Trinajstić information content (AvgIpc) is 2.92. The van der Waals surface area contributed by atoms with Crippen molar-refractivity contribution in [3.63, 3.8) is 0 Å². The highest BCUT2D eigenvalue weighted by Gasteiger charge is 2.35. The first-order valence-electron chi connectivity index (χ1n) is 8.85. The van der Waals surface area contributed by atoms with Crippen molar-refractivity contribution in [2.75, 3.05) is 30.9 Å². The van der Waals surface area contributed by atoms with Crippen molar-refractivity contribution in [2.45, 2.75) is 11.3 Å². The number of fused-ring (bicyclic) bond motifs is 1. The molecule has 1 aliphatic heterocycles. The van der Waals surface area contributed by atoms with Gasteiger partial charge in [-0.05, 0) is 42.8 Å². The van der Waals surface area contributed by atoms with E-state index < -0.39 is 28.0 Å². The number of nitrogens with zero attached hydrogens (tertiary/aromatic N) is 1. The molecule has 11 heteroatoms. The first-order chi connectivity index (χ1) is 14.2. The third-order valence-electron chi connectivity index (χ3n) is 4.35. The average molecular weight is 433 g/mol. The Bertz CT molecular complexity index is 1110. The minimum atomic E-state index is -4.41. The third kappa shape index (κ3) is 4.64. The Morgan fingerprint density at radius 2 is 1.70 bits per heavy atom. The van der Waals surface area contributed by atoms with E-state index in [4.69, 9.17) is 9.29 Å². The molecule has 0 unspecified atom stereocenters. The number of carbonyl (C=O) groups excluding carboxylic acids is 3. The number of imide groups is 1. The monoisotopic (exact) mass is 433 g/mol. The Morgan fingerprint density at radius 3 is 2.37 bits per heavy atom. The molecule has 1 heterocycles. The van der Waals surface area contributed by atoms with Gasteiger partial charge in [-0.25, -0.2) is 4.79 Å². The van der Waals surface area contributed by atoms with E-state index in [1.54, 1.807) is 0 Å². The van der Waals surface area contributed by atoms with Crippen LogP contribution in [0.2, 0.25) is 0 Å². The van der Waals surface area contributed by atoms with E-state index in [1.807, 2.05) is 0 Å². The molecule has 0 radical (unpaired) electrons. The number of ether oxygens (including phenoxy) is 1. The lowest BCUT2D eigenvalue weighted by atomic mass is 10.1. The van der Waals surface area contributed by atoms with Gasteiger partial charge >= 0.3 is 6.03 Å². The zero-order chi connectivity index (χ0) is 21.9. The summed E-state index contributed by atoms with van der Waals surface area (Å²) >= 11 is 0. The van der Waals surface area contributed by atoms with Gasteiger partial charge in [-0.3, -0.25) is 19.0 Å². The summed E-state index contributed by atoms with van der Waals surface area (Å²) in [6.07, 6.45) is 0.512. The number of hydrogen-bond donors (Lipinski definition) is 3. The molecule has 3 rings (SSSR count). The number of rotatable bonds is 7. The number of nitrogens with one attached hydrogen (secondary N) is 2. The lowest BCUT2D eigenvalue weighted by molar-refractivity contribution is 0.0638. The number of urea groups is 1. The van der Waals surface area contributed by atoms with Crippen LogP contribution in [-0.2, 0) is 14.9 Å². The number of hydrogen-bond acceptors (Lipinski definition) is 6. The van der Waals surface area contributed by atoms with Crippen molar-refractivity contribution in [1.29, 1.82) is 0 Å². The quantitative estimate of drug-likeness (QED) is 0.345. The Labute approximate surface area is 172 Å². The fourth-order valence-electron chi connectivity index (χ4n) is 2.97. The Kier molecular flexibility index (Phi) is 6.15. The number of benzene rings is 2. The smallest absolute Gasteiger partial charge is 0.323 e. The van der Waals surface area contributed by atoms with Crippen LogP contribution in [0.25, 0.3) is 0 Å². The SMILES string of the molecule is COCCCN1C(=O)c2ccc(NC(=O)Nc3cccc(S(=O)(=O)O)c3)cc2C1=O. The molecule has 30 heavy (non-hydrogen) atoms. The molecule has 0 atom stereocenters. The molecular formula is C19H19N3O7S. The number of carbonyl (C=O) groups is 3. The second kappa shape index (κ2) is 8.61. The fraction of sp³-hybridized carbons (Fsp3) is 0.211. The molecule has 0 aromatic heterocycles. The van der Waals surface area contributed by atoms with Gasteiger partial charge in [-0.1, -0.05) is 6.07 Å². The predicted molar refractivity (Wildman–Crippen MR) is 107 cm³/mol. The highest BCUT2D eigenvalue weighted by atomic mass is 32.2. The van der Waals surface area contributed by atoms with Gasteiger partial charge in [0.1, 0.15) is 0 Å². The molecular weight excluding hydrogens is 414 g/mol. The molecule has 10 nitrogen and oxygen atoms in total. The second-order valence-electron chi connectivity index (χ2n) is 6.45. The van der Waals surface area contributed by atoms with Crippen LogP contribution in [0, 0.1) is 0 Å². The molecule has 3 N–H and O–H groups in total. The van der Waals surface area contributed by atoms with Gasteiger partial charge in [0.2, 0.25) is 0 Å². The molecule has 0 aliphatic carbocycles. The molecule has 2 aromatic rings. The van der Waals surface area contributed by atoms with E-state index in [0.717, 1.165) is 11.0 Å². The van der Waals surface area contributed by atoms with E-state index >= 15 is 0 Å². The third-order valence-corrected chi connectivity index (χ3v) is 5.20. The van der Waals surface area contributed by atoms with Gasteiger partial charge < -0.3 is 15.4 Å². The summed E-state index contributed by atoms with van der Waals surface area (Å²) in [5.41, 5.74) is 0.851. The van der Waals surface area contributed by atoms with E-state index in [0.29, 0.717) is 13.0 Å². The molecule has 0 bridgehead atoms. The van der Waals surface area contributed by atoms with E-state index in [2.05, 4.69) is 10.6 Å². The predicted octanol–water partition coefficient (Wildman–Crippen LogP) is 2.21. The molecule has 1 aliphatic rings. The molecule has 0 fully saturated rings. The van der Waals surface area contributed by atoms with Crippen molar-refractivity contribution in [3.8, 4) is 0 Å². The Balaban J connectivity index is 1.70. The van der Waals surface area contributed by atoms with E-state index in [9.17, 15) is 22.8 Å². The number of anilines is 2. The van der Waals surface area contributed by atoms with Gasteiger partial charge in [-0.15, -0.1) is 0 Å². The lowest BCUT2D eigenvalue weighted by Gasteiger charge is -2.12. The van der Waals surface area contributed by atoms with Crippen LogP contribution in [0.15, 0.2) is 47.4 Å². The van der Waals surface area contributed by atoms with Gasteiger partial charge in [0.25, 0.3) is 21.9 Å². The standard InChI is InChI=1S/C19H19N3O7S/c1-29-9-3-8-22-17(23)15-7-6-13(11-16(15)18(22)24)21-19(25)20-12-4-2-5-14(10-12)30(26,27)28/h2,4-7,10-11H,3,8-9H2,1H3,(H2,20,21,25)(H,26,27,28). The first-order valence-corrected chi connectivity index (χ1v) is 10.3. The zero-order valence-corrected chi connectivity index (χ0v) is 16.7. The maximum atomic E-state index is 12.5. The second-order valence-corrected chi connectivity index (χ2v) is 7.87. The minimum absolute atomic E-state index is 0.138. The van der Waals surface area contributed by atoms with Crippen LogP contribution in [0.5, 0.6) is 0 Å². The number of amides is 4. The van der Waals surface area contributed by atoms with E-state index in [-0.39, 0.29) is 33.9 Å². The summed E-state index contributed by atoms with van der Waals surface area (Å²) in [4.78, 5) is 37.9. The van der Waals surface area contributed by atoms with Crippen LogP contribution < -0.4 is 10.6 Å². The van der Waals surface area contributed by atoms with Crippen molar-refractivity contribution in [1.82, 2.24) is 4.90 Å². The molecule has 0 spiro atoms. The minimum Gasteiger partial charge on any atom is -0.385 e. The van der Waals surface area contributed by atoms with Gasteiger partial charge in [0.05, 0.1) is 16.0 Å². The summed E-state index contributed by atoms with van der Waals surface area (Å²) in [7, 11) is -2.87. The number of methoxy groups -OCH3 is 1. The zero-order valence-electron chi connectivity index (χ0n) is 15.9. The highest BCUT2D eigenvalue weighted by molar-refractivity contribution is 7.85. The largest absolute Gasteiger partial charge is 0.385 e. The van der Waals surface area contributed by atoms with Crippen LogP contribution in [0.4, 0.5) is 16.2 Å². The highest BCUT2D eigenvalue weighted by Crippen LogP contribution is 2.26. The lowest BCUT2D eigenvalue weighted by Crippen LogP contribution is -2.31. The Morgan fingerprint density at radius 1 is 1.03 bits per heavy atom.